The zero-order chi connectivity index (χ0) is 13.1. The Morgan fingerprint density at radius 3 is 2.67 bits per heavy atom. The Balaban J connectivity index is 2.22. The molecule has 0 aliphatic heterocycles. The number of amides is 1. The van der Waals surface area contributed by atoms with E-state index in [0.29, 0.717) is 15.9 Å². The highest BCUT2D eigenvalue weighted by Crippen LogP contribution is 2.19. The molecule has 0 unspecified atom stereocenters. The standard InChI is InChI=1S/C14H13BrN2O/c1-9-5-6-11(8-10(9)2)14(18)17-12-4-3-7-16-13(12)15/h3-8H,1-2H3,(H,17,18). The SMILES string of the molecule is Cc1ccc(C(=O)Nc2cccnc2Br)cc1C. The molecule has 92 valence electrons. The molecule has 0 radical (unpaired) electrons. The number of rotatable bonds is 2. The molecule has 0 fully saturated rings. The molecule has 1 aromatic heterocycles. The molecule has 0 aliphatic carbocycles. The van der Waals surface area contributed by atoms with Crippen LogP contribution in [0.5, 0.6) is 0 Å². The molecule has 0 atom stereocenters. The molecule has 4 heteroatoms. The molecule has 0 aliphatic rings. The maximum absolute atomic E-state index is 12.1. The Labute approximate surface area is 114 Å². The van der Waals surface area contributed by atoms with E-state index < -0.39 is 0 Å². The van der Waals surface area contributed by atoms with Crippen molar-refractivity contribution in [3.63, 3.8) is 0 Å². The van der Waals surface area contributed by atoms with Crippen molar-refractivity contribution in [3.05, 3.63) is 57.8 Å². The van der Waals surface area contributed by atoms with Gasteiger partial charge in [0.2, 0.25) is 0 Å². The summed E-state index contributed by atoms with van der Waals surface area (Å²) in [6.45, 7) is 4.01. The average Bonchev–Trinajstić information content (AvgIpc) is 2.35. The summed E-state index contributed by atoms with van der Waals surface area (Å²) in [5.41, 5.74) is 3.59. The van der Waals surface area contributed by atoms with Crippen LogP contribution in [0, 0.1) is 13.8 Å². The minimum absolute atomic E-state index is 0.133. The molecule has 2 aromatic rings. The van der Waals surface area contributed by atoms with Gasteiger partial charge in [-0.05, 0) is 65.2 Å². The average molecular weight is 305 g/mol. The fourth-order valence-electron chi connectivity index (χ4n) is 1.56. The number of aryl methyl sites for hydroxylation is 2. The van der Waals surface area contributed by atoms with Gasteiger partial charge in [0.05, 0.1) is 5.69 Å². The Bertz CT molecular complexity index is 596. The minimum atomic E-state index is -0.133. The summed E-state index contributed by atoms with van der Waals surface area (Å²) in [5, 5.41) is 2.82. The predicted molar refractivity (Wildman–Crippen MR) is 75.8 cm³/mol. The number of nitrogens with zero attached hydrogens (tertiary/aromatic N) is 1. The fraction of sp³-hybridized carbons (Fsp3) is 0.143. The molecule has 1 heterocycles. The number of anilines is 1. The molecule has 18 heavy (non-hydrogen) atoms. The summed E-state index contributed by atoms with van der Waals surface area (Å²) in [4.78, 5) is 16.1. The van der Waals surface area contributed by atoms with E-state index in [0.717, 1.165) is 5.56 Å². The molecular formula is C14H13BrN2O. The highest BCUT2D eigenvalue weighted by molar-refractivity contribution is 9.10. The van der Waals surface area contributed by atoms with Crippen molar-refractivity contribution in [1.29, 1.82) is 0 Å². The number of halogens is 1. The zero-order valence-corrected chi connectivity index (χ0v) is 11.8. The number of nitrogens with one attached hydrogen (secondary N) is 1. The van der Waals surface area contributed by atoms with Crippen molar-refractivity contribution < 1.29 is 4.79 Å². The fourth-order valence-corrected chi connectivity index (χ4v) is 1.91. The summed E-state index contributed by atoms with van der Waals surface area (Å²) in [7, 11) is 0. The highest BCUT2D eigenvalue weighted by atomic mass is 79.9. The minimum Gasteiger partial charge on any atom is -0.320 e. The van der Waals surface area contributed by atoms with Gasteiger partial charge >= 0.3 is 0 Å². The van der Waals surface area contributed by atoms with Gasteiger partial charge < -0.3 is 5.32 Å². The number of pyridine rings is 1. The molecule has 1 aromatic carbocycles. The van der Waals surface area contributed by atoms with E-state index in [2.05, 4.69) is 26.2 Å². The first-order valence-electron chi connectivity index (χ1n) is 5.57. The van der Waals surface area contributed by atoms with E-state index in [4.69, 9.17) is 0 Å². The Hall–Kier alpha value is -1.68. The van der Waals surface area contributed by atoms with Gasteiger partial charge in [-0.3, -0.25) is 4.79 Å². The third-order valence-electron chi connectivity index (χ3n) is 2.78. The summed E-state index contributed by atoms with van der Waals surface area (Å²) in [5.74, 6) is -0.133. The van der Waals surface area contributed by atoms with Crippen molar-refractivity contribution in [2.24, 2.45) is 0 Å². The normalized spacial score (nSPS) is 10.2. The van der Waals surface area contributed by atoms with E-state index in [1.165, 1.54) is 5.56 Å². The predicted octanol–water partition coefficient (Wildman–Crippen LogP) is 3.71. The van der Waals surface area contributed by atoms with Gasteiger partial charge in [0.25, 0.3) is 5.91 Å². The second-order valence-electron chi connectivity index (χ2n) is 4.09. The number of aromatic nitrogens is 1. The quantitative estimate of drug-likeness (QED) is 0.859. The van der Waals surface area contributed by atoms with Crippen molar-refractivity contribution in [1.82, 2.24) is 4.98 Å². The van der Waals surface area contributed by atoms with Crippen LogP contribution in [-0.2, 0) is 0 Å². The molecule has 3 nitrogen and oxygen atoms in total. The van der Waals surface area contributed by atoms with Crippen LogP contribution in [0.15, 0.2) is 41.1 Å². The number of carbonyl (C=O) groups excluding carboxylic acids is 1. The molecule has 1 N–H and O–H groups in total. The molecule has 0 saturated carbocycles. The first-order chi connectivity index (χ1) is 8.58. The summed E-state index contributed by atoms with van der Waals surface area (Å²) >= 11 is 3.30. The second-order valence-corrected chi connectivity index (χ2v) is 4.85. The van der Waals surface area contributed by atoms with Gasteiger partial charge in [0.1, 0.15) is 4.60 Å². The first-order valence-corrected chi connectivity index (χ1v) is 6.36. The molecule has 1 amide bonds. The van der Waals surface area contributed by atoms with Crippen LogP contribution in [0.1, 0.15) is 21.5 Å². The van der Waals surface area contributed by atoms with Gasteiger partial charge in [-0.2, -0.15) is 0 Å². The maximum atomic E-state index is 12.1. The Morgan fingerprint density at radius 1 is 1.22 bits per heavy atom. The van der Waals surface area contributed by atoms with Gasteiger partial charge in [0, 0.05) is 11.8 Å². The third-order valence-corrected chi connectivity index (χ3v) is 3.41. The van der Waals surface area contributed by atoms with E-state index >= 15 is 0 Å². The zero-order valence-electron chi connectivity index (χ0n) is 10.2. The van der Waals surface area contributed by atoms with Crippen LogP contribution >= 0.6 is 15.9 Å². The Kier molecular flexibility index (Phi) is 3.77. The van der Waals surface area contributed by atoms with Crippen LogP contribution in [0.2, 0.25) is 0 Å². The second kappa shape index (κ2) is 5.31. The van der Waals surface area contributed by atoms with E-state index in [-0.39, 0.29) is 5.91 Å². The lowest BCUT2D eigenvalue weighted by atomic mass is 10.1. The summed E-state index contributed by atoms with van der Waals surface area (Å²) in [6.07, 6.45) is 1.66. The van der Waals surface area contributed by atoms with Gasteiger partial charge in [0.15, 0.2) is 0 Å². The van der Waals surface area contributed by atoms with Crippen LogP contribution in [-0.4, -0.2) is 10.9 Å². The van der Waals surface area contributed by atoms with Crippen molar-refractivity contribution in [2.45, 2.75) is 13.8 Å². The number of hydrogen-bond donors (Lipinski definition) is 1. The van der Waals surface area contributed by atoms with E-state index in [1.807, 2.05) is 32.0 Å². The van der Waals surface area contributed by atoms with Crippen molar-refractivity contribution in [2.75, 3.05) is 5.32 Å². The van der Waals surface area contributed by atoms with Gasteiger partial charge in [-0.15, -0.1) is 0 Å². The van der Waals surface area contributed by atoms with Crippen LogP contribution in [0.4, 0.5) is 5.69 Å². The lowest BCUT2D eigenvalue weighted by Crippen LogP contribution is -2.12. The van der Waals surface area contributed by atoms with Crippen LogP contribution in [0.3, 0.4) is 0 Å². The smallest absolute Gasteiger partial charge is 0.255 e. The lowest BCUT2D eigenvalue weighted by molar-refractivity contribution is 0.102. The van der Waals surface area contributed by atoms with Crippen molar-refractivity contribution >= 4 is 27.5 Å². The topological polar surface area (TPSA) is 42.0 Å². The third kappa shape index (κ3) is 2.76. The van der Waals surface area contributed by atoms with Crippen LogP contribution < -0.4 is 5.32 Å². The van der Waals surface area contributed by atoms with Crippen molar-refractivity contribution in [3.8, 4) is 0 Å². The molecule has 0 bridgehead atoms. The highest BCUT2D eigenvalue weighted by Gasteiger charge is 2.09. The van der Waals surface area contributed by atoms with E-state index in [9.17, 15) is 4.79 Å². The van der Waals surface area contributed by atoms with Gasteiger partial charge in [-0.1, -0.05) is 6.07 Å². The number of benzene rings is 1. The summed E-state index contributed by atoms with van der Waals surface area (Å²) in [6, 6.07) is 9.23. The number of hydrogen-bond acceptors (Lipinski definition) is 2. The molecular weight excluding hydrogens is 292 g/mol. The monoisotopic (exact) mass is 304 g/mol. The molecule has 0 saturated heterocycles. The molecule has 2 rings (SSSR count). The number of carbonyl (C=O) groups is 1. The largest absolute Gasteiger partial charge is 0.320 e. The van der Waals surface area contributed by atoms with E-state index in [1.54, 1.807) is 18.3 Å². The Morgan fingerprint density at radius 2 is 2.00 bits per heavy atom. The maximum Gasteiger partial charge on any atom is 0.255 e. The first kappa shape index (κ1) is 12.8. The summed E-state index contributed by atoms with van der Waals surface area (Å²) < 4.78 is 0.627. The molecule has 0 spiro atoms. The lowest BCUT2D eigenvalue weighted by Gasteiger charge is -2.08. The van der Waals surface area contributed by atoms with Crippen LogP contribution in [0.25, 0.3) is 0 Å². The van der Waals surface area contributed by atoms with Gasteiger partial charge in [-0.25, -0.2) is 4.98 Å².